The Balaban J connectivity index is 2.08. The third-order valence-corrected chi connectivity index (χ3v) is 4.79. The van der Waals surface area contributed by atoms with E-state index in [0.29, 0.717) is 18.0 Å². The summed E-state index contributed by atoms with van der Waals surface area (Å²) in [6.45, 7) is 4.51. The van der Waals surface area contributed by atoms with Gasteiger partial charge in [0, 0.05) is 37.1 Å². The molecular weight excluding hydrogens is 274 g/mol. The molecule has 0 radical (unpaired) electrons. The molecule has 0 saturated heterocycles. The number of methoxy groups -OCH3 is 1. The third kappa shape index (κ3) is 1.93. The maximum atomic E-state index is 5.93. The van der Waals surface area contributed by atoms with Gasteiger partial charge in [-0.05, 0) is 12.5 Å². The molecule has 1 fully saturated rings. The molecule has 5 heteroatoms. The van der Waals surface area contributed by atoms with Crippen molar-refractivity contribution in [1.82, 2.24) is 14.5 Å². The van der Waals surface area contributed by atoms with Crippen LogP contribution in [0.2, 0.25) is 0 Å². The predicted molar refractivity (Wildman–Crippen MR) is 80.2 cm³/mol. The number of aryl methyl sites for hydroxylation is 1. The SMILES string of the molecule is COC1CC(n2c(CCCl)nc3cnccc32)C1(C)C. The maximum absolute atomic E-state index is 5.93. The number of alkyl halides is 1. The molecule has 0 N–H and O–H groups in total. The minimum atomic E-state index is 0.104. The van der Waals surface area contributed by atoms with Crippen molar-refractivity contribution in [2.45, 2.75) is 38.8 Å². The van der Waals surface area contributed by atoms with Gasteiger partial charge in [0.15, 0.2) is 0 Å². The Labute approximate surface area is 124 Å². The number of halogens is 1. The first-order valence-corrected chi connectivity index (χ1v) is 7.52. The number of hydrogen-bond donors (Lipinski definition) is 0. The van der Waals surface area contributed by atoms with Crippen molar-refractivity contribution >= 4 is 22.6 Å². The lowest BCUT2D eigenvalue weighted by atomic mass is 9.64. The fourth-order valence-corrected chi connectivity index (χ4v) is 3.48. The Kier molecular flexibility index (Phi) is 3.46. The van der Waals surface area contributed by atoms with Gasteiger partial charge in [-0.25, -0.2) is 4.98 Å². The molecule has 1 aliphatic rings. The summed E-state index contributed by atoms with van der Waals surface area (Å²) in [4.78, 5) is 8.86. The quantitative estimate of drug-likeness (QED) is 0.813. The normalized spacial score (nSPS) is 24.8. The Morgan fingerprint density at radius 2 is 2.30 bits per heavy atom. The highest BCUT2D eigenvalue weighted by Crippen LogP contribution is 2.52. The van der Waals surface area contributed by atoms with Crippen molar-refractivity contribution in [1.29, 1.82) is 0 Å². The number of ether oxygens (including phenoxy) is 1. The van der Waals surface area contributed by atoms with Crippen molar-refractivity contribution in [3.8, 4) is 0 Å². The molecule has 2 unspecified atom stereocenters. The van der Waals surface area contributed by atoms with E-state index >= 15 is 0 Å². The summed E-state index contributed by atoms with van der Waals surface area (Å²) < 4.78 is 7.91. The van der Waals surface area contributed by atoms with Crippen LogP contribution in [0.4, 0.5) is 0 Å². The van der Waals surface area contributed by atoms with Crippen LogP contribution < -0.4 is 0 Å². The van der Waals surface area contributed by atoms with Crippen molar-refractivity contribution in [2.24, 2.45) is 5.41 Å². The van der Waals surface area contributed by atoms with Crippen molar-refractivity contribution in [2.75, 3.05) is 13.0 Å². The summed E-state index contributed by atoms with van der Waals surface area (Å²) in [5, 5.41) is 0. The topological polar surface area (TPSA) is 39.9 Å². The lowest BCUT2D eigenvalue weighted by molar-refractivity contribution is -0.112. The monoisotopic (exact) mass is 293 g/mol. The molecule has 108 valence electrons. The van der Waals surface area contributed by atoms with Gasteiger partial charge >= 0.3 is 0 Å². The molecule has 2 heterocycles. The van der Waals surface area contributed by atoms with E-state index in [1.54, 1.807) is 7.11 Å². The van der Waals surface area contributed by atoms with E-state index in [1.807, 2.05) is 18.5 Å². The second-order valence-corrected chi connectivity index (χ2v) is 6.38. The molecule has 0 spiro atoms. The Morgan fingerprint density at radius 3 is 2.95 bits per heavy atom. The fraction of sp³-hybridized carbons (Fsp3) is 0.600. The van der Waals surface area contributed by atoms with Gasteiger partial charge in [-0.3, -0.25) is 4.98 Å². The van der Waals surface area contributed by atoms with Crippen molar-refractivity contribution < 1.29 is 4.74 Å². The first kappa shape index (κ1) is 13.8. The average Bonchev–Trinajstić information content (AvgIpc) is 2.77. The van der Waals surface area contributed by atoms with Crippen LogP contribution in [0.25, 0.3) is 11.0 Å². The highest BCUT2D eigenvalue weighted by molar-refractivity contribution is 6.17. The zero-order valence-corrected chi connectivity index (χ0v) is 12.9. The molecule has 2 aromatic rings. The van der Waals surface area contributed by atoms with Gasteiger partial charge < -0.3 is 9.30 Å². The first-order chi connectivity index (χ1) is 9.59. The van der Waals surface area contributed by atoms with Crippen LogP contribution in [0.15, 0.2) is 18.5 Å². The lowest BCUT2D eigenvalue weighted by Gasteiger charge is -2.52. The van der Waals surface area contributed by atoms with Gasteiger partial charge in [0.2, 0.25) is 0 Å². The van der Waals surface area contributed by atoms with E-state index < -0.39 is 0 Å². The van der Waals surface area contributed by atoms with Crippen LogP contribution in [-0.2, 0) is 11.2 Å². The van der Waals surface area contributed by atoms with E-state index in [0.717, 1.165) is 29.7 Å². The molecule has 2 aromatic heterocycles. The van der Waals surface area contributed by atoms with Crippen molar-refractivity contribution in [3.05, 3.63) is 24.3 Å². The number of aromatic nitrogens is 3. The van der Waals surface area contributed by atoms with Crippen molar-refractivity contribution in [3.63, 3.8) is 0 Å². The Bertz CT molecular complexity index is 623. The molecule has 4 nitrogen and oxygen atoms in total. The van der Waals surface area contributed by atoms with Gasteiger partial charge in [0.1, 0.15) is 11.3 Å². The van der Waals surface area contributed by atoms with Gasteiger partial charge in [-0.1, -0.05) is 13.8 Å². The van der Waals surface area contributed by atoms with Gasteiger partial charge in [0.05, 0.1) is 17.8 Å². The maximum Gasteiger partial charge on any atom is 0.111 e. The summed E-state index contributed by atoms with van der Waals surface area (Å²) in [6, 6.07) is 2.44. The predicted octanol–water partition coefficient (Wildman–Crippen LogP) is 3.20. The second kappa shape index (κ2) is 5.01. The fourth-order valence-electron chi connectivity index (χ4n) is 3.31. The van der Waals surface area contributed by atoms with E-state index in [-0.39, 0.29) is 5.41 Å². The minimum absolute atomic E-state index is 0.104. The van der Waals surface area contributed by atoms with E-state index in [4.69, 9.17) is 21.3 Å². The van der Waals surface area contributed by atoms with E-state index in [2.05, 4.69) is 23.4 Å². The standard InChI is InChI=1S/C15H20ClN3O/c1-15(2)12(8-13(15)20-3)19-11-5-7-17-9-10(11)18-14(19)4-6-16/h5,7,9,12-13H,4,6,8H2,1-3H3. The lowest BCUT2D eigenvalue weighted by Crippen LogP contribution is -2.51. The minimum Gasteiger partial charge on any atom is -0.381 e. The van der Waals surface area contributed by atoms with E-state index in [1.165, 1.54) is 0 Å². The van der Waals surface area contributed by atoms with Crippen LogP contribution in [0.5, 0.6) is 0 Å². The number of imidazole rings is 1. The number of hydrogen-bond acceptors (Lipinski definition) is 3. The average molecular weight is 294 g/mol. The molecule has 0 bridgehead atoms. The zero-order valence-electron chi connectivity index (χ0n) is 12.1. The molecule has 3 rings (SSSR count). The molecule has 0 aliphatic heterocycles. The largest absolute Gasteiger partial charge is 0.381 e. The summed E-state index contributed by atoms with van der Waals surface area (Å²) in [7, 11) is 1.79. The van der Waals surface area contributed by atoms with E-state index in [9.17, 15) is 0 Å². The highest BCUT2D eigenvalue weighted by atomic mass is 35.5. The molecule has 1 aliphatic carbocycles. The summed E-state index contributed by atoms with van der Waals surface area (Å²) in [5.41, 5.74) is 2.20. The summed E-state index contributed by atoms with van der Waals surface area (Å²) in [5.74, 6) is 1.63. The smallest absolute Gasteiger partial charge is 0.111 e. The Hall–Kier alpha value is -1.13. The highest BCUT2D eigenvalue weighted by Gasteiger charge is 2.50. The number of rotatable bonds is 4. The zero-order chi connectivity index (χ0) is 14.3. The first-order valence-electron chi connectivity index (χ1n) is 6.99. The summed E-state index contributed by atoms with van der Waals surface area (Å²) in [6.07, 6.45) is 5.75. The third-order valence-electron chi connectivity index (χ3n) is 4.61. The summed E-state index contributed by atoms with van der Waals surface area (Å²) >= 11 is 5.93. The molecule has 20 heavy (non-hydrogen) atoms. The second-order valence-electron chi connectivity index (χ2n) is 6.00. The van der Waals surface area contributed by atoms with Crippen LogP contribution in [0.1, 0.15) is 32.1 Å². The number of nitrogens with zero attached hydrogens (tertiary/aromatic N) is 3. The van der Waals surface area contributed by atoms with Crippen LogP contribution in [0, 0.1) is 5.41 Å². The van der Waals surface area contributed by atoms with Gasteiger partial charge in [0.25, 0.3) is 0 Å². The molecule has 2 atom stereocenters. The number of fused-ring (bicyclic) bond motifs is 1. The molecule has 1 saturated carbocycles. The molecule has 0 aromatic carbocycles. The van der Waals surface area contributed by atoms with Crippen LogP contribution in [-0.4, -0.2) is 33.6 Å². The van der Waals surface area contributed by atoms with Gasteiger partial charge in [-0.2, -0.15) is 0 Å². The van der Waals surface area contributed by atoms with Crippen LogP contribution in [0.3, 0.4) is 0 Å². The number of pyridine rings is 1. The van der Waals surface area contributed by atoms with Crippen LogP contribution >= 0.6 is 11.6 Å². The Morgan fingerprint density at radius 1 is 1.50 bits per heavy atom. The van der Waals surface area contributed by atoms with Gasteiger partial charge in [-0.15, -0.1) is 11.6 Å². The molecule has 0 amide bonds. The molecular formula is C15H20ClN3O.